The Morgan fingerprint density at radius 2 is 2.11 bits per heavy atom. The number of fused-ring (bicyclic) bond motifs is 1. The normalized spacial score (nSPS) is 21.9. The number of amides is 1. The summed E-state index contributed by atoms with van der Waals surface area (Å²) in [5, 5.41) is 6.30. The number of rotatable bonds is 4. The van der Waals surface area contributed by atoms with Gasteiger partial charge in [0.25, 0.3) is 0 Å². The van der Waals surface area contributed by atoms with Crippen LogP contribution in [0.5, 0.6) is 5.75 Å². The standard InChI is InChI=1S/C14H18N2O2/c17-14(9-15-10-5-6-10)16-12-7-8-18-13-4-2-1-3-11(12)13/h1-4,10,12,15H,5-9H2,(H,16,17). The van der Waals surface area contributed by atoms with Gasteiger partial charge >= 0.3 is 0 Å². The average Bonchev–Trinajstić information content (AvgIpc) is 3.21. The number of carbonyl (C=O) groups is 1. The number of hydrogen-bond donors (Lipinski definition) is 2. The lowest BCUT2D eigenvalue weighted by Gasteiger charge is -2.26. The van der Waals surface area contributed by atoms with Gasteiger partial charge in [-0.05, 0) is 18.9 Å². The highest BCUT2D eigenvalue weighted by Gasteiger charge is 2.24. The maximum atomic E-state index is 11.8. The fraction of sp³-hybridized carbons (Fsp3) is 0.500. The SMILES string of the molecule is O=C(CNC1CC1)NC1CCOc2ccccc21. The van der Waals surface area contributed by atoms with Crippen LogP contribution >= 0.6 is 0 Å². The van der Waals surface area contributed by atoms with Gasteiger partial charge in [0.05, 0.1) is 19.2 Å². The Kier molecular flexibility index (Phi) is 3.19. The second kappa shape index (κ2) is 4.98. The van der Waals surface area contributed by atoms with E-state index in [1.165, 1.54) is 12.8 Å². The van der Waals surface area contributed by atoms with Crippen molar-refractivity contribution in [3.63, 3.8) is 0 Å². The summed E-state index contributed by atoms with van der Waals surface area (Å²) in [6.07, 6.45) is 3.24. The van der Waals surface area contributed by atoms with Crippen molar-refractivity contribution in [1.29, 1.82) is 0 Å². The Morgan fingerprint density at radius 1 is 1.28 bits per heavy atom. The molecule has 0 saturated heterocycles. The van der Waals surface area contributed by atoms with Gasteiger partial charge < -0.3 is 15.4 Å². The molecule has 1 heterocycles. The van der Waals surface area contributed by atoms with Crippen molar-refractivity contribution < 1.29 is 9.53 Å². The van der Waals surface area contributed by atoms with E-state index < -0.39 is 0 Å². The van der Waals surface area contributed by atoms with Crippen molar-refractivity contribution in [2.24, 2.45) is 0 Å². The van der Waals surface area contributed by atoms with Gasteiger partial charge in [-0.3, -0.25) is 4.79 Å². The Labute approximate surface area is 107 Å². The van der Waals surface area contributed by atoms with E-state index in [1.54, 1.807) is 0 Å². The van der Waals surface area contributed by atoms with Gasteiger partial charge in [0.15, 0.2) is 0 Å². The van der Waals surface area contributed by atoms with E-state index in [2.05, 4.69) is 10.6 Å². The number of carbonyl (C=O) groups excluding carboxylic acids is 1. The van der Waals surface area contributed by atoms with Crippen molar-refractivity contribution >= 4 is 5.91 Å². The molecule has 1 amide bonds. The Bertz CT molecular complexity index is 443. The molecule has 0 radical (unpaired) electrons. The van der Waals surface area contributed by atoms with Gasteiger partial charge in [-0.15, -0.1) is 0 Å². The van der Waals surface area contributed by atoms with Gasteiger partial charge in [0, 0.05) is 18.0 Å². The van der Waals surface area contributed by atoms with Gasteiger partial charge in [0.1, 0.15) is 5.75 Å². The molecular formula is C14H18N2O2. The largest absolute Gasteiger partial charge is 0.493 e. The lowest BCUT2D eigenvalue weighted by Crippen LogP contribution is -2.38. The van der Waals surface area contributed by atoms with Crippen LogP contribution in [0.25, 0.3) is 0 Å². The van der Waals surface area contributed by atoms with E-state index in [1.807, 2.05) is 24.3 Å². The molecule has 1 fully saturated rings. The molecule has 1 aliphatic heterocycles. The molecule has 1 unspecified atom stereocenters. The topological polar surface area (TPSA) is 50.4 Å². The molecule has 0 bridgehead atoms. The van der Waals surface area contributed by atoms with Gasteiger partial charge in [-0.25, -0.2) is 0 Å². The van der Waals surface area contributed by atoms with Crippen LogP contribution in [0.3, 0.4) is 0 Å². The first-order chi connectivity index (χ1) is 8.83. The monoisotopic (exact) mass is 246 g/mol. The van der Waals surface area contributed by atoms with E-state index in [-0.39, 0.29) is 11.9 Å². The Morgan fingerprint density at radius 3 is 2.94 bits per heavy atom. The molecule has 4 heteroatoms. The van der Waals surface area contributed by atoms with E-state index in [0.29, 0.717) is 19.2 Å². The second-order valence-electron chi connectivity index (χ2n) is 4.95. The second-order valence-corrected chi connectivity index (χ2v) is 4.95. The van der Waals surface area contributed by atoms with Crippen LogP contribution < -0.4 is 15.4 Å². The van der Waals surface area contributed by atoms with E-state index in [0.717, 1.165) is 17.7 Å². The first-order valence-corrected chi connectivity index (χ1v) is 6.57. The summed E-state index contributed by atoms with van der Waals surface area (Å²) in [6.45, 7) is 1.09. The number of para-hydroxylation sites is 1. The number of hydrogen-bond acceptors (Lipinski definition) is 3. The highest BCUT2D eigenvalue weighted by molar-refractivity contribution is 5.78. The van der Waals surface area contributed by atoms with Crippen molar-refractivity contribution in [2.45, 2.75) is 31.3 Å². The summed E-state index contributed by atoms with van der Waals surface area (Å²) in [5.41, 5.74) is 1.09. The molecule has 0 spiro atoms. The number of benzene rings is 1. The van der Waals surface area contributed by atoms with Crippen molar-refractivity contribution in [3.8, 4) is 5.75 Å². The minimum Gasteiger partial charge on any atom is -0.493 e. The molecular weight excluding hydrogens is 228 g/mol. The number of nitrogens with one attached hydrogen (secondary N) is 2. The van der Waals surface area contributed by atoms with Gasteiger partial charge in [0.2, 0.25) is 5.91 Å². The molecule has 18 heavy (non-hydrogen) atoms. The molecule has 4 nitrogen and oxygen atoms in total. The lowest BCUT2D eigenvalue weighted by atomic mass is 10.0. The molecule has 1 aromatic rings. The summed E-state index contributed by atoms with van der Waals surface area (Å²) < 4.78 is 5.58. The Hall–Kier alpha value is -1.55. The minimum absolute atomic E-state index is 0.0728. The van der Waals surface area contributed by atoms with Crippen LogP contribution in [-0.4, -0.2) is 25.1 Å². The summed E-state index contributed by atoms with van der Waals surface area (Å²) >= 11 is 0. The zero-order chi connectivity index (χ0) is 12.4. The molecule has 96 valence electrons. The first kappa shape index (κ1) is 11.5. The van der Waals surface area contributed by atoms with Crippen LogP contribution in [0.2, 0.25) is 0 Å². The molecule has 0 aromatic heterocycles. The van der Waals surface area contributed by atoms with E-state index >= 15 is 0 Å². The molecule has 1 aromatic carbocycles. The van der Waals surface area contributed by atoms with Crippen molar-refractivity contribution in [1.82, 2.24) is 10.6 Å². The Balaban J connectivity index is 1.60. The van der Waals surface area contributed by atoms with Crippen LogP contribution in [0.4, 0.5) is 0 Å². The summed E-state index contributed by atoms with van der Waals surface area (Å²) in [4.78, 5) is 11.8. The van der Waals surface area contributed by atoms with Gasteiger partial charge in [-0.1, -0.05) is 18.2 Å². The third-order valence-corrected chi connectivity index (χ3v) is 3.42. The molecule has 1 saturated carbocycles. The summed E-state index contributed by atoms with van der Waals surface area (Å²) in [5.74, 6) is 0.966. The van der Waals surface area contributed by atoms with Crippen molar-refractivity contribution in [2.75, 3.05) is 13.2 Å². The van der Waals surface area contributed by atoms with Crippen LogP contribution in [0.15, 0.2) is 24.3 Å². The molecule has 2 N–H and O–H groups in total. The zero-order valence-corrected chi connectivity index (χ0v) is 10.3. The quantitative estimate of drug-likeness (QED) is 0.844. The van der Waals surface area contributed by atoms with Gasteiger partial charge in [-0.2, -0.15) is 0 Å². The fourth-order valence-corrected chi connectivity index (χ4v) is 2.26. The summed E-state index contributed by atoms with van der Waals surface area (Å²) in [7, 11) is 0. The first-order valence-electron chi connectivity index (χ1n) is 6.57. The zero-order valence-electron chi connectivity index (χ0n) is 10.3. The average molecular weight is 246 g/mol. The predicted octanol–water partition coefficient (Wildman–Crippen LogP) is 1.38. The smallest absolute Gasteiger partial charge is 0.234 e. The van der Waals surface area contributed by atoms with E-state index in [9.17, 15) is 4.79 Å². The van der Waals surface area contributed by atoms with Crippen molar-refractivity contribution in [3.05, 3.63) is 29.8 Å². The number of ether oxygens (including phenoxy) is 1. The predicted molar refractivity (Wildman–Crippen MR) is 68.5 cm³/mol. The third-order valence-electron chi connectivity index (χ3n) is 3.42. The fourth-order valence-electron chi connectivity index (χ4n) is 2.26. The molecule has 1 atom stereocenters. The molecule has 1 aliphatic carbocycles. The van der Waals surface area contributed by atoms with Crippen LogP contribution in [-0.2, 0) is 4.79 Å². The lowest BCUT2D eigenvalue weighted by molar-refractivity contribution is -0.121. The molecule has 3 rings (SSSR count). The molecule has 2 aliphatic rings. The van der Waals surface area contributed by atoms with Crippen LogP contribution in [0.1, 0.15) is 30.9 Å². The summed E-state index contributed by atoms with van der Waals surface area (Å²) in [6, 6.07) is 8.57. The minimum atomic E-state index is 0.0728. The van der Waals surface area contributed by atoms with E-state index in [4.69, 9.17) is 4.74 Å². The highest BCUT2D eigenvalue weighted by atomic mass is 16.5. The highest BCUT2D eigenvalue weighted by Crippen LogP contribution is 2.31. The maximum Gasteiger partial charge on any atom is 0.234 e. The maximum absolute atomic E-state index is 11.8. The van der Waals surface area contributed by atoms with Crippen LogP contribution in [0, 0.1) is 0 Å². The third kappa shape index (κ3) is 2.64.